The van der Waals surface area contributed by atoms with Crippen molar-refractivity contribution in [3.8, 4) is 0 Å². The van der Waals surface area contributed by atoms with Crippen molar-refractivity contribution in [2.75, 3.05) is 0 Å². The molecule has 4 nitrogen and oxygen atoms in total. The molecule has 0 unspecified atom stereocenters. The Bertz CT molecular complexity index is 590. The Morgan fingerprint density at radius 3 is 2.83 bits per heavy atom. The molecule has 94 valence electrons. The molecule has 2 rings (SSSR count). The molecule has 1 amide bonds. The quantitative estimate of drug-likeness (QED) is 0.903. The Balaban J connectivity index is 2.05. The number of halogens is 3. The first-order valence-electron chi connectivity index (χ1n) is 4.76. The average molecular weight is 367 g/mol. The van der Waals surface area contributed by atoms with Crippen LogP contribution in [0.3, 0.4) is 0 Å². The maximum atomic E-state index is 11.9. The summed E-state index contributed by atoms with van der Waals surface area (Å²) in [7, 11) is 0. The van der Waals surface area contributed by atoms with E-state index in [0.29, 0.717) is 6.54 Å². The van der Waals surface area contributed by atoms with Crippen LogP contribution in [0.25, 0.3) is 0 Å². The van der Waals surface area contributed by atoms with Gasteiger partial charge >= 0.3 is 0 Å². The third-order valence-electron chi connectivity index (χ3n) is 2.01. The lowest BCUT2D eigenvalue weighted by Gasteiger charge is -2.04. The van der Waals surface area contributed by atoms with Crippen LogP contribution in [-0.2, 0) is 6.54 Å². The van der Waals surface area contributed by atoms with E-state index in [-0.39, 0.29) is 21.8 Å². The second kappa shape index (κ2) is 5.97. The topological polar surface area (TPSA) is 54.9 Å². The third-order valence-corrected chi connectivity index (χ3v) is 4.17. The first kappa shape index (κ1) is 13.7. The van der Waals surface area contributed by atoms with Crippen LogP contribution in [0.5, 0.6) is 0 Å². The molecule has 0 saturated heterocycles. The van der Waals surface area contributed by atoms with Gasteiger partial charge in [-0.2, -0.15) is 0 Å². The molecule has 2 aromatic rings. The largest absolute Gasteiger partial charge is 0.347 e. The van der Waals surface area contributed by atoms with E-state index in [1.54, 1.807) is 11.3 Å². The fourth-order valence-electron chi connectivity index (χ4n) is 1.22. The van der Waals surface area contributed by atoms with Gasteiger partial charge in [0.15, 0.2) is 10.3 Å². The van der Waals surface area contributed by atoms with Gasteiger partial charge in [0.2, 0.25) is 0 Å². The number of amides is 1. The molecular formula is C10H6BrCl2N3OS. The second-order valence-electron chi connectivity index (χ2n) is 3.29. The lowest BCUT2D eigenvalue weighted by molar-refractivity contribution is 0.0951. The predicted molar refractivity (Wildman–Crippen MR) is 75.2 cm³/mol. The summed E-state index contributed by atoms with van der Waals surface area (Å²) in [6.45, 7) is 0.422. The molecule has 0 aliphatic rings. The molecule has 0 spiro atoms. The predicted octanol–water partition coefficient (Wildman–Crippen LogP) is 3.54. The normalized spacial score (nSPS) is 10.4. The number of carbonyl (C=O) groups excluding carboxylic acids is 1. The van der Waals surface area contributed by atoms with Gasteiger partial charge in [-0.05, 0) is 28.1 Å². The minimum Gasteiger partial charge on any atom is -0.347 e. The summed E-state index contributed by atoms with van der Waals surface area (Å²) >= 11 is 16.3. The summed E-state index contributed by atoms with van der Waals surface area (Å²) < 4.78 is 0.989. The fourth-order valence-corrected chi connectivity index (χ4v) is 2.94. The molecular weight excluding hydrogens is 361 g/mol. The highest BCUT2D eigenvalue weighted by Gasteiger charge is 2.13. The van der Waals surface area contributed by atoms with E-state index in [1.807, 2.05) is 11.4 Å². The molecule has 0 aliphatic heterocycles. The number of aromatic nitrogens is 2. The first-order chi connectivity index (χ1) is 8.56. The van der Waals surface area contributed by atoms with Crippen molar-refractivity contribution in [2.24, 2.45) is 0 Å². The smallest absolute Gasteiger partial charge is 0.254 e. The van der Waals surface area contributed by atoms with Crippen molar-refractivity contribution < 1.29 is 4.79 Å². The van der Waals surface area contributed by atoms with Gasteiger partial charge in [-0.3, -0.25) is 4.79 Å². The molecule has 18 heavy (non-hydrogen) atoms. The molecule has 2 heterocycles. The summed E-state index contributed by atoms with van der Waals surface area (Å²) in [5, 5.41) is 12.0. The van der Waals surface area contributed by atoms with Crippen LogP contribution in [0.4, 0.5) is 0 Å². The van der Waals surface area contributed by atoms with Crippen LogP contribution in [0.2, 0.25) is 10.3 Å². The lowest BCUT2D eigenvalue weighted by Crippen LogP contribution is -2.23. The summed E-state index contributed by atoms with van der Waals surface area (Å²) in [6, 6.07) is 3.32. The van der Waals surface area contributed by atoms with Crippen LogP contribution in [0, 0.1) is 0 Å². The van der Waals surface area contributed by atoms with Crippen LogP contribution in [0.15, 0.2) is 22.0 Å². The Kier molecular flexibility index (Phi) is 4.55. The minimum atomic E-state index is -0.332. The lowest BCUT2D eigenvalue weighted by atomic mass is 10.3. The zero-order valence-corrected chi connectivity index (χ0v) is 12.7. The average Bonchev–Trinajstić information content (AvgIpc) is 2.75. The van der Waals surface area contributed by atoms with Crippen molar-refractivity contribution >= 4 is 56.4 Å². The first-order valence-corrected chi connectivity index (χ1v) is 7.19. The molecule has 8 heteroatoms. The summed E-state index contributed by atoms with van der Waals surface area (Å²) in [5.74, 6) is -0.332. The molecule has 2 aromatic heterocycles. The van der Waals surface area contributed by atoms with Gasteiger partial charge in [0.25, 0.3) is 5.91 Å². The minimum absolute atomic E-state index is 0.0317. The zero-order valence-electron chi connectivity index (χ0n) is 8.78. The Morgan fingerprint density at radius 2 is 2.17 bits per heavy atom. The van der Waals surface area contributed by atoms with Crippen molar-refractivity contribution in [3.63, 3.8) is 0 Å². The molecule has 0 radical (unpaired) electrons. The summed E-state index contributed by atoms with van der Waals surface area (Å²) in [4.78, 5) is 12.9. The van der Waals surface area contributed by atoms with Gasteiger partial charge in [-0.1, -0.05) is 23.2 Å². The van der Waals surface area contributed by atoms with Crippen LogP contribution < -0.4 is 5.32 Å². The maximum Gasteiger partial charge on any atom is 0.254 e. The van der Waals surface area contributed by atoms with E-state index in [1.165, 1.54) is 6.07 Å². The van der Waals surface area contributed by atoms with E-state index in [0.717, 1.165) is 9.35 Å². The number of rotatable bonds is 3. The summed E-state index contributed by atoms with van der Waals surface area (Å²) in [5.41, 5.74) is 0.215. The Hall–Kier alpha value is -0.690. The van der Waals surface area contributed by atoms with Crippen LogP contribution >= 0.6 is 50.5 Å². The van der Waals surface area contributed by atoms with E-state index >= 15 is 0 Å². The zero-order chi connectivity index (χ0) is 13.1. The van der Waals surface area contributed by atoms with Gasteiger partial charge in [0.1, 0.15) is 0 Å². The number of nitrogens with one attached hydrogen (secondary N) is 1. The number of carbonyl (C=O) groups is 1. The van der Waals surface area contributed by atoms with Gasteiger partial charge in [-0.25, -0.2) is 0 Å². The van der Waals surface area contributed by atoms with Crippen molar-refractivity contribution in [1.29, 1.82) is 0 Å². The van der Waals surface area contributed by atoms with Crippen LogP contribution in [0.1, 0.15) is 15.2 Å². The van der Waals surface area contributed by atoms with E-state index in [9.17, 15) is 4.79 Å². The Morgan fingerprint density at radius 1 is 1.39 bits per heavy atom. The molecule has 0 aliphatic carbocycles. The number of hydrogen-bond donors (Lipinski definition) is 1. The van der Waals surface area contributed by atoms with Crippen molar-refractivity contribution in [2.45, 2.75) is 6.54 Å². The highest BCUT2D eigenvalue weighted by Crippen LogP contribution is 2.20. The maximum absolute atomic E-state index is 11.9. The molecule has 0 atom stereocenters. The standard InChI is InChI=1S/C10H6BrCl2N3OS/c11-5-1-6(18-4-5)3-14-10(17)7-2-8(12)15-16-9(7)13/h1-2,4H,3H2,(H,14,17). The Labute approximate surface area is 125 Å². The summed E-state index contributed by atoms with van der Waals surface area (Å²) in [6.07, 6.45) is 0. The molecule has 0 aromatic carbocycles. The highest BCUT2D eigenvalue weighted by molar-refractivity contribution is 9.10. The number of thiophene rings is 1. The van der Waals surface area contributed by atoms with Crippen LogP contribution in [-0.4, -0.2) is 16.1 Å². The second-order valence-corrected chi connectivity index (χ2v) is 5.94. The highest BCUT2D eigenvalue weighted by atomic mass is 79.9. The van der Waals surface area contributed by atoms with Gasteiger partial charge < -0.3 is 5.32 Å². The van der Waals surface area contributed by atoms with Gasteiger partial charge in [-0.15, -0.1) is 21.5 Å². The van der Waals surface area contributed by atoms with E-state index in [2.05, 4.69) is 31.4 Å². The van der Waals surface area contributed by atoms with E-state index < -0.39 is 0 Å². The van der Waals surface area contributed by atoms with Crippen molar-refractivity contribution in [1.82, 2.24) is 15.5 Å². The van der Waals surface area contributed by atoms with E-state index in [4.69, 9.17) is 23.2 Å². The SMILES string of the molecule is O=C(NCc1cc(Br)cs1)c1cc(Cl)nnc1Cl. The number of hydrogen-bond acceptors (Lipinski definition) is 4. The molecule has 0 bridgehead atoms. The molecule has 1 N–H and O–H groups in total. The van der Waals surface area contributed by atoms with Gasteiger partial charge in [0.05, 0.1) is 12.1 Å². The molecule has 0 saturated carbocycles. The third kappa shape index (κ3) is 3.41. The molecule has 0 fully saturated rings. The monoisotopic (exact) mass is 365 g/mol. The number of nitrogens with zero attached hydrogens (tertiary/aromatic N) is 2. The fraction of sp³-hybridized carbons (Fsp3) is 0.100. The van der Waals surface area contributed by atoms with Crippen molar-refractivity contribution in [3.05, 3.63) is 42.7 Å². The van der Waals surface area contributed by atoms with Gasteiger partial charge in [0, 0.05) is 14.7 Å².